The van der Waals surface area contributed by atoms with Gasteiger partial charge in [-0.2, -0.15) is 0 Å². The molecular weight excluding hydrogens is 262 g/mol. The van der Waals surface area contributed by atoms with Crippen molar-refractivity contribution in [2.45, 2.75) is 13.8 Å². The van der Waals surface area contributed by atoms with Gasteiger partial charge in [0.2, 0.25) is 5.75 Å². The first-order chi connectivity index (χ1) is 9.55. The maximum atomic E-state index is 11.6. The van der Waals surface area contributed by atoms with Crippen molar-refractivity contribution < 1.29 is 19.1 Å². The van der Waals surface area contributed by atoms with Gasteiger partial charge in [-0.25, -0.2) is 9.59 Å². The van der Waals surface area contributed by atoms with Gasteiger partial charge < -0.3 is 19.2 Å². The van der Waals surface area contributed by atoms with E-state index < -0.39 is 11.8 Å². The van der Waals surface area contributed by atoms with Gasteiger partial charge in [-0.15, -0.1) is 0 Å². The van der Waals surface area contributed by atoms with Gasteiger partial charge in [-0.1, -0.05) is 0 Å². The van der Waals surface area contributed by atoms with Crippen LogP contribution in [-0.2, 0) is 0 Å². The summed E-state index contributed by atoms with van der Waals surface area (Å²) in [5, 5.41) is 9.14. The molecule has 1 aromatic heterocycles. The van der Waals surface area contributed by atoms with Crippen LogP contribution in [0, 0.1) is 0 Å². The standard InChI is InChI=1S/C14H15NO5/c1-3-15(4-2)10-6-5-9-7-12(20-14(17)18)13(16)19-11(9)8-10/h5-8H,3-4H2,1-2H3,(H,17,18). The fourth-order valence-electron chi connectivity index (χ4n) is 2.03. The number of carbonyl (C=O) groups is 1. The van der Waals surface area contributed by atoms with E-state index in [1.165, 1.54) is 6.07 Å². The Hall–Kier alpha value is -2.50. The summed E-state index contributed by atoms with van der Waals surface area (Å²) < 4.78 is 9.48. The molecule has 106 valence electrons. The highest BCUT2D eigenvalue weighted by atomic mass is 16.7. The third-order valence-corrected chi connectivity index (χ3v) is 3.01. The smallest absolute Gasteiger partial charge is 0.449 e. The van der Waals surface area contributed by atoms with Crippen molar-refractivity contribution in [2.24, 2.45) is 0 Å². The lowest BCUT2D eigenvalue weighted by Gasteiger charge is -2.20. The summed E-state index contributed by atoms with van der Waals surface area (Å²) in [5.41, 5.74) is 0.534. The van der Waals surface area contributed by atoms with Crippen LogP contribution in [0.5, 0.6) is 5.75 Å². The molecule has 0 aliphatic rings. The second-order valence-corrected chi connectivity index (χ2v) is 4.16. The van der Waals surface area contributed by atoms with Crippen molar-refractivity contribution in [3.63, 3.8) is 0 Å². The largest absolute Gasteiger partial charge is 0.511 e. The zero-order valence-electron chi connectivity index (χ0n) is 11.3. The molecule has 0 atom stereocenters. The highest BCUT2D eigenvalue weighted by Crippen LogP contribution is 2.23. The van der Waals surface area contributed by atoms with Crippen LogP contribution < -0.4 is 15.3 Å². The summed E-state index contributed by atoms with van der Waals surface area (Å²) in [7, 11) is 0. The first-order valence-corrected chi connectivity index (χ1v) is 6.28. The van der Waals surface area contributed by atoms with Crippen molar-refractivity contribution in [3.8, 4) is 5.75 Å². The SMILES string of the molecule is CCN(CC)c1ccc2cc(OC(=O)O)c(=O)oc2c1. The molecule has 1 heterocycles. The molecule has 0 radical (unpaired) electrons. The number of fused-ring (bicyclic) bond motifs is 1. The van der Waals surface area contributed by atoms with E-state index in [4.69, 9.17) is 9.52 Å². The van der Waals surface area contributed by atoms with E-state index in [9.17, 15) is 9.59 Å². The maximum Gasteiger partial charge on any atom is 0.511 e. The molecule has 2 aromatic rings. The number of carboxylic acid groups (broad SMARTS) is 1. The zero-order chi connectivity index (χ0) is 14.7. The van der Waals surface area contributed by atoms with Crippen LogP contribution in [0.1, 0.15) is 13.8 Å². The van der Waals surface area contributed by atoms with E-state index >= 15 is 0 Å². The van der Waals surface area contributed by atoms with Crippen LogP contribution in [0.3, 0.4) is 0 Å². The van der Waals surface area contributed by atoms with E-state index in [0.717, 1.165) is 18.8 Å². The van der Waals surface area contributed by atoms with Crippen molar-refractivity contribution >= 4 is 22.8 Å². The molecule has 0 aliphatic heterocycles. The van der Waals surface area contributed by atoms with Gasteiger partial charge in [0.25, 0.3) is 0 Å². The lowest BCUT2D eigenvalue weighted by atomic mass is 10.2. The summed E-state index contributed by atoms with van der Waals surface area (Å²) in [5.74, 6) is -0.333. The molecule has 0 fully saturated rings. The zero-order valence-corrected chi connectivity index (χ0v) is 11.3. The van der Waals surface area contributed by atoms with Crippen LogP contribution >= 0.6 is 0 Å². The predicted octanol–water partition coefficient (Wildman–Crippen LogP) is 2.70. The fraction of sp³-hybridized carbons (Fsp3) is 0.286. The molecule has 0 saturated heterocycles. The molecule has 0 spiro atoms. The molecule has 0 bridgehead atoms. The number of hydrogen-bond acceptors (Lipinski definition) is 5. The average Bonchev–Trinajstić information content (AvgIpc) is 2.40. The summed E-state index contributed by atoms with van der Waals surface area (Å²) in [6, 6.07) is 6.77. The number of benzene rings is 1. The molecule has 0 aliphatic carbocycles. The number of nitrogens with zero attached hydrogens (tertiary/aromatic N) is 1. The number of anilines is 1. The Morgan fingerprint density at radius 2 is 2.00 bits per heavy atom. The minimum absolute atomic E-state index is 0.333. The molecule has 0 saturated carbocycles. The predicted molar refractivity (Wildman–Crippen MR) is 74.7 cm³/mol. The first-order valence-electron chi connectivity index (χ1n) is 6.28. The normalized spacial score (nSPS) is 10.5. The Morgan fingerprint density at radius 3 is 2.60 bits per heavy atom. The number of hydrogen-bond donors (Lipinski definition) is 1. The van der Waals surface area contributed by atoms with Crippen LogP contribution in [0.2, 0.25) is 0 Å². The van der Waals surface area contributed by atoms with Crippen molar-refractivity contribution in [1.29, 1.82) is 0 Å². The van der Waals surface area contributed by atoms with Gasteiger partial charge in [-0.05, 0) is 32.0 Å². The van der Waals surface area contributed by atoms with Gasteiger partial charge in [0.1, 0.15) is 5.58 Å². The second-order valence-electron chi connectivity index (χ2n) is 4.16. The first kappa shape index (κ1) is 13.9. The summed E-state index contributed by atoms with van der Waals surface area (Å²) in [6.45, 7) is 5.75. The third-order valence-electron chi connectivity index (χ3n) is 3.01. The second kappa shape index (κ2) is 5.64. The summed E-state index contributed by atoms with van der Waals surface area (Å²) in [6.07, 6.45) is -1.54. The Bertz CT molecular complexity index is 688. The molecule has 6 heteroatoms. The molecule has 6 nitrogen and oxygen atoms in total. The molecule has 20 heavy (non-hydrogen) atoms. The van der Waals surface area contributed by atoms with Crippen molar-refractivity contribution in [3.05, 3.63) is 34.7 Å². The van der Waals surface area contributed by atoms with Crippen molar-refractivity contribution in [2.75, 3.05) is 18.0 Å². The van der Waals surface area contributed by atoms with Gasteiger partial charge in [0, 0.05) is 30.2 Å². The van der Waals surface area contributed by atoms with Crippen LogP contribution in [0.4, 0.5) is 10.5 Å². The van der Waals surface area contributed by atoms with Crippen LogP contribution in [0.15, 0.2) is 33.5 Å². The molecule has 2 rings (SSSR count). The van der Waals surface area contributed by atoms with E-state index in [1.807, 2.05) is 19.9 Å². The van der Waals surface area contributed by atoms with Gasteiger partial charge >= 0.3 is 11.8 Å². The summed E-state index contributed by atoms with van der Waals surface area (Å²) >= 11 is 0. The highest BCUT2D eigenvalue weighted by molar-refractivity contribution is 5.82. The minimum atomic E-state index is -1.54. The summed E-state index contributed by atoms with van der Waals surface area (Å²) in [4.78, 5) is 24.2. The van der Waals surface area contributed by atoms with Crippen LogP contribution in [0.25, 0.3) is 11.0 Å². The molecule has 0 unspecified atom stereocenters. The monoisotopic (exact) mass is 277 g/mol. The van der Waals surface area contributed by atoms with E-state index in [2.05, 4.69) is 9.64 Å². The molecular formula is C14H15NO5. The average molecular weight is 277 g/mol. The van der Waals surface area contributed by atoms with Crippen molar-refractivity contribution in [1.82, 2.24) is 0 Å². The quantitative estimate of drug-likeness (QED) is 0.683. The van der Waals surface area contributed by atoms with Gasteiger partial charge in [-0.3, -0.25) is 0 Å². The lowest BCUT2D eigenvalue weighted by molar-refractivity contribution is 0.142. The van der Waals surface area contributed by atoms with E-state index in [0.29, 0.717) is 11.0 Å². The Morgan fingerprint density at radius 1 is 1.30 bits per heavy atom. The van der Waals surface area contributed by atoms with Crippen LogP contribution in [-0.4, -0.2) is 24.4 Å². The Labute approximate surface area is 115 Å². The van der Waals surface area contributed by atoms with Gasteiger partial charge in [0.15, 0.2) is 0 Å². The highest BCUT2D eigenvalue weighted by Gasteiger charge is 2.11. The topological polar surface area (TPSA) is 80.0 Å². The minimum Gasteiger partial charge on any atom is -0.449 e. The van der Waals surface area contributed by atoms with E-state index in [-0.39, 0.29) is 5.75 Å². The third kappa shape index (κ3) is 2.74. The molecule has 1 N–H and O–H groups in total. The number of rotatable bonds is 4. The van der Waals surface area contributed by atoms with Gasteiger partial charge in [0.05, 0.1) is 0 Å². The fourth-order valence-corrected chi connectivity index (χ4v) is 2.03. The van der Waals surface area contributed by atoms with E-state index in [1.54, 1.807) is 12.1 Å². The number of ether oxygens (including phenoxy) is 1. The molecule has 0 amide bonds. The molecule has 1 aromatic carbocycles. The maximum absolute atomic E-state index is 11.6. The lowest BCUT2D eigenvalue weighted by Crippen LogP contribution is -2.21. The Balaban J connectivity index is 2.50. The Kier molecular flexibility index (Phi) is 3.93.